The van der Waals surface area contributed by atoms with Crippen LogP contribution in [0, 0.1) is 0 Å². The second kappa shape index (κ2) is 42.0. The second-order valence-electron chi connectivity index (χ2n) is 17.1. The Bertz CT molecular complexity index is 1210. The number of phosphoric acid groups is 1. The van der Waals surface area contributed by atoms with Gasteiger partial charge in [-0.2, -0.15) is 0 Å². The standard InChI is InChI=1S/C50H90NO8P/c1-6-8-10-12-14-16-18-20-22-24-25-27-29-31-33-35-37-39-41-43-50(53)59-48(47-58-60(54,55)57-45-44-51(3,4)5)46-56-49(52)42-40-38-36-34-32-30-28-26-23-21-19-17-15-13-11-9-7-2/h11,13,17,19-20,22-23,26,30,32,48H,6-10,12,14-16,18,21,24-25,27-29,31,33-47H2,1-5H3/p+1/b13-11+,19-17+,22-20+,26-23+,32-30+/t48-/m1/s1. The molecule has 10 heteroatoms. The zero-order valence-electron chi connectivity index (χ0n) is 39.2. The van der Waals surface area contributed by atoms with E-state index in [1.54, 1.807) is 0 Å². The van der Waals surface area contributed by atoms with Crippen molar-refractivity contribution in [3.05, 3.63) is 60.8 Å². The molecular formula is C50H91NO8P+. The number of esters is 2. The third kappa shape index (κ3) is 45.2. The van der Waals surface area contributed by atoms with Crippen molar-refractivity contribution in [2.45, 2.75) is 200 Å². The van der Waals surface area contributed by atoms with Gasteiger partial charge >= 0.3 is 19.8 Å². The topological polar surface area (TPSA) is 108 Å². The van der Waals surface area contributed by atoms with Gasteiger partial charge in [-0.3, -0.25) is 18.6 Å². The van der Waals surface area contributed by atoms with Gasteiger partial charge < -0.3 is 18.9 Å². The van der Waals surface area contributed by atoms with Crippen molar-refractivity contribution in [3.63, 3.8) is 0 Å². The molecule has 0 aliphatic carbocycles. The number of carbonyl (C=O) groups excluding carboxylic acids is 2. The maximum absolute atomic E-state index is 12.7. The van der Waals surface area contributed by atoms with E-state index in [1.165, 1.54) is 89.9 Å². The minimum absolute atomic E-state index is 0.0239. The van der Waals surface area contributed by atoms with Crippen molar-refractivity contribution >= 4 is 19.8 Å². The highest BCUT2D eigenvalue weighted by Crippen LogP contribution is 2.43. The van der Waals surface area contributed by atoms with E-state index in [1.807, 2.05) is 21.1 Å². The Morgan fingerprint density at radius 2 is 0.933 bits per heavy atom. The molecule has 1 unspecified atom stereocenters. The van der Waals surface area contributed by atoms with Crippen molar-refractivity contribution in [2.75, 3.05) is 47.5 Å². The maximum atomic E-state index is 12.7. The lowest BCUT2D eigenvalue weighted by molar-refractivity contribution is -0.870. The molecule has 0 heterocycles. The molecule has 0 radical (unpaired) electrons. The SMILES string of the molecule is CCC/C=C/C/C=C/C/C=C/C/C=C/CCCCCC(=O)OC[C@H](COP(=O)(O)OCC[N+](C)(C)C)OC(=O)CCCCCCCCCCC/C=C/CCCCCCCC. The van der Waals surface area contributed by atoms with Gasteiger partial charge in [0.25, 0.3) is 0 Å². The molecule has 0 aromatic rings. The Kier molecular flexibility index (Phi) is 40.4. The summed E-state index contributed by atoms with van der Waals surface area (Å²) < 4.78 is 34.4. The molecule has 60 heavy (non-hydrogen) atoms. The molecule has 9 nitrogen and oxygen atoms in total. The summed E-state index contributed by atoms with van der Waals surface area (Å²) in [5, 5.41) is 0. The van der Waals surface area contributed by atoms with Gasteiger partial charge in [0, 0.05) is 12.8 Å². The maximum Gasteiger partial charge on any atom is 0.472 e. The van der Waals surface area contributed by atoms with E-state index in [0.29, 0.717) is 23.9 Å². The molecule has 348 valence electrons. The minimum Gasteiger partial charge on any atom is -0.462 e. The molecule has 0 amide bonds. The summed E-state index contributed by atoms with van der Waals surface area (Å²) in [5.74, 6) is -0.838. The number of hydrogen-bond acceptors (Lipinski definition) is 7. The summed E-state index contributed by atoms with van der Waals surface area (Å²) in [7, 11) is 1.45. The van der Waals surface area contributed by atoms with E-state index >= 15 is 0 Å². The fourth-order valence-electron chi connectivity index (χ4n) is 6.23. The van der Waals surface area contributed by atoms with Crippen LogP contribution in [0.2, 0.25) is 0 Å². The summed E-state index contributed by atoms with van der Waals surface area (Å²) >= 11 is 0. The van der Waals surface area contributed by atoms with Gasteiger partial charge in [0.2, 0.25) is 0 Å². The fourth-order valence-corrected chi connectivity index (χ4v) is 6.98. The number of unbranched alkanes of at least 4 members (excludes halogenated alkanes) is 19. The number of allylic oxidation sites excluding steroid dienone is 10. The smallest absolute Gasteiger partial charge is 0.462 e. The van der Waals surface area contributed by atoms with E-state index in [9.17, 15) is 19.0 Å². The molecule has 0 aromatic heterocycles. The van der Waals surface area contributed by atoms with Gasteiger partial charge in [-0.15, -0.1) is 0 Å². The monoisotopic (exact) mass is 865 g/mol. The number of nitrogens with zero attached hydrogens (tertiary/aromatic N) is 1. The van der Waals surface area contributed by atoms with Crippen molar-refractivity contribution in [1.82, 2.24) is 0 Å². The Morgan fingerprint density at radius 3 is 1.43 bits per heavy atom. The van der Waals surface area contributed by atoms with Crippen molar-refractivity contribution in [2.24, 2.45) is 0 Å². The van der Waals surface area contributed by atoms with Crippen LogP contribution in [-0.2, 0) is 32.7 Å². The molecule has 1 N–H and O–H groups in total. The van der Waals surface area contributed by atoms with E-state index in [4.69, 9.17) is 18.5 Å². The summed E-state index contributed by atoms with van der Waals surface area (Å²) in [6.07, 6.45) is 51.2. The number of carbonyl (C=O) groups is 2. The molecule has 2 atom stereocenters. The number of quaternary nitrogens is 1. The number of ether oxygens (including phenoxy) is 2. The first kappa shape index (κ1) is 57.7. The normalized spacial score (nSPS) is 14.0. The van der Waals surface area contributed by atoms with Crippen molar-refractivity contribution < 1.29 is 42.1 Å². The van der Waals surface area contributed by atoms with Crippen LogP contribution in [0.4, 0.5) is 0 Å². The predicted molar refractivity (Wildman–Crippen MR) is 252 cm³/mol. The molecule has 0 bridgehead atoms. The van der Waals surface area contributed by atoms with Gasteiger partial charge in [-0.1, -0.05) is 164 Å². The highest BCUT2D eigenvalue weighted by Gasteiger charge is 2.27. The highest BCUT2D eigenvalue weighted by atomic mass is 31.2. The first-order valence-electron chi connectivity index (χ1n) is 24.0. The molecule has 0 saturated heterocycles. The fraction of sp³-hybridized carbons (Fsp3) is 0.760. The van der Waals surface area contributed by atoms with Gasteiger partial charge in [-0.25, -0.2) is 4.57 Å². The predicted octanol–water partition coefficient (Wildman–Crippen LogP) is 14.0. The van der Waals surface area contributed by atoms with Gasteiger partial charge in [0.15, 0.2) is 6.10 Å². The Balaban J connectivity index is 4.36. The van der Waals surface area contributed by atoms with E-state index in [-0.39, 0.29) is 26.1 Å². The lowest BCUT2D eigenvalue weighted by atomic mass is 10.1. The first-order chi connectivity index (χ1) is 29.0. The van der Waals surface area contributed by atoms with Gasteiger partial charge in [0.05, 0.1) is 27.7 Å². The third-order valence-corrected chi connectivity index (χ3v) is 11.0. The average Bonchev–Trinajstić information content (AvgIpc) is 3.20. The van der Waals surface area contributed by atoms with Crippen LogP contribution in [0.25, 0.3) is 0 Å². The van der Waals surface area contributed by atoms with E-state index < -0.39 is 32.5 Å². The van der Waals surface area contributed by atoms with Crippen LogP contribution in [0.1, 0.15) is 194 Å². The first-order valence-corrected chi connectivity index (χ1v) is 25.5. The summed E-state index contributed by atoms with van der Waals surface area (Å²) in [6, 6.07) is 0. The van der Waals surface area contributed by atoms with Crippen LogP contribution in [-0.4, -0.2) is 74.9 Å². The molecule has 0 aromatic carbocycles. The molecule has 0 fully saturated rings. The number of likely N-dealkylation sites (N-methyl/N-ethyl adjacent to an activating group) is 1. The van der Waals surface area contributed by atoms with Gasteiger partial charge in [-0.05, 0) is 77.0 Å². The Morgan fingerprint density at radius 1 is 0.517 bits per heavy atom. The largest absolute Gasteiger partial charge is 0.472 e. The molecule has 0 aliphatic heterocycles. The van der Waals surface area contributed by atoms with Crippen LogP contribution in [0.3, 0.4) is 0 Å². The lowest BCUT2D eigenvalue weighted by Crippen LogP contribution is -2.37. The van der Waals surface area contributed by atoms with Crippen LogP contribution < -0.4 is 0 Å². The van der Waals surface area contributed by atoms with Crippen LogP contribution >= 0.6 is 7.82 Å². The van der Waals surface area contributed by atoms with Crippen LogP contribution in [0.5, 0.6) is 0 Å². The van der Waals surface area contributed by atoms with E-state index in [2.05, 4.69) is 74.6 Å². The molecule has 0 saturated carbocycles. The minimum atomic E-state index is -4.39. The molecule has 0 aliphatic rings. The molecular weight excluding hydrogens is 774 g/mol. The van der Waals surface area contributed by atoms with Crippen molar-refractivity contribution in [3.8, 4) is 0 Å². The van der Waals surface area contributed by atoms with Gasteiger partial charge in [0.1, 0.15) is 19.8 Å². The zero-order chi connectivity index (χ0) is 44.3. The zero-order valence-corrected chi connectivity index (χ0v) is 40.1. The second-order valence-corrected chi connectivity index (χ2v) is 18.6. The highest BCUT2D eigenvalue weighted by molar-refractivity contribution is 7.47. The number of hydrogen-bond donors (Lipinski definition) is 1. The lowest BCUT2D eigenvalue weighted by Gasteiger charge is -2.24. The Labute approximate surface area is 368 Å². The summed E-state index contributed by atoms with van der Waals surface area (Å²) in [5.41, 5.74) is 0. The quantitative estimate of drug-likeness (QED) is 0.0212. The van der Waals surface area contributed by atoms with Crippen LogP contribution in [0.15, 0.2) is 60.8 Å². The van der Waals surface area contributed by atoms with E-state index in [0.717, 1.165) is 64.2 Å². The Hall–Kier alpha value is -2.29. The summed E-state index contributed by atoms with van der Waals surface area (Å²) in [4.78, 5) is 35.5. The summed E-state index contributed by atoms with van der Waals surface area (Å²) in [6.45, 7) is 4.31. The number of phosphoric ester groups is 1. The third-order valence-electron chi connectivity index (χ3n) is 10.0. The van der Waals surface area contributed by atoms with Crippen molar-refractivity contribution in [1.29, 1.82) is 0 Å². The number of rotatable bonds is 43. The average molecular weight is 865 g/mol. The molecule has 0 rings (SSSR count). The molecule has 0 spiro atoms.